The van der Waals surface area contributed by atoms with E-state index in [1.165, 1.54) is 31.2 Å². The van der Waals surface area contributed by atoms with Crippen LogP contribution in [-0.4, -0.2) is 85.5 Å². The van der Waals surface area contributed by atoms with E-state index in [1.54, 1.807) is 11.9 Å². The Kier molecular flexibility index (Phi) is 20.4. The van der Waals surface area contributed by atoms with Crippen LogP contribution in [0.15, 0.2) is 24.3 Å². The highest BCUT2D eigenvalue weighted by Gasteiger charge is 2.15. The number of hydrogen-bond donors (Lipinski definition) is 2. The number of ether oxygens (including phenoxy) is 1. The normalized spacial score (nSPS) is 12.0. The maximum Gasteiger partial charge on any atom is 0.414 e. The van der Waals surface area contributed by atoms with E-state index in [9.17, 15) is 9.59 Å². The predicted molar refractivity (Wildman–Crippen MR) is 172 cm³/mol. The highest BCUT2D eigenvalue weighted by molar-refractivity contribution is 7.80. The molecular weight excluding hydrogens is 526 g/mol. The number of amides is 2. The molecule has 0 aliphatic rings. The van der Waals surface area contributed by atoms with E-state index < -0.39 is 0 Å². The summed E-state index contributed by atoms with van der Waals surface area (Å²) in [4.78, 5) is 31.2. The smallest absolute Gasteiger partial charge is 0.410 e. The first-order chi connectivity index (χ1) is 18.8. The van der Waals surface area contributed by atoms with Crippen LogP contribution in [0, 0.1) is 0 Å². The summed E-state index contributed by atoms with van der Waals surface area (Å²) in [5.74, 6) is 3.07. The average Bonchev–Trinajstić information content (AvgIpc) is 2.91. The van der Waals surface area contributed by atoms with Crippen molar-refractivity contribution in [2.75, 3.05) is 58.8 Å². The van der Waals surface area contributed by atoms with Crippen LogP contribution < -0.4 is 4.74 Å². The Balaban J connectivity index is 2.47. The molecule has 0 fully saturated rings. The Bertz CT molecular complexity index is 763. The molecule has 0 aliphatic carbocycles. The van der Waals surface area contributed by atoms with Gasteiger partial charge in [0.25, 0.3) is 0 Å². The van der Waals surface area contributed by atoms with Crippen molar-refractivity contribution in [3.05, 3.63) is 29.8 Å². The minimum absolute atomic E-state index is 0.294. The van der Waals surface area contributed by atoms with Crippen LogP contribution in [0.25, 0.3) is 0 Å². The Morgan fingerprint density at radius 2 is 1.31 bits per heavy atom. The van der Waals surface area contributed by atoms with Crippen LogP contribution in [0.1, 0.15) is 95.5 Å². The second kappa shape index (κ2) is 22.3. The molecule has 1 atom stereocenters. The summed E-state index contributed by atoms with van der Waals surface area (Å²) in [6.45, 7) is 5.54. The van der Waals surface area contributed by atoms with Crippen molar-refractivity contribution in [1.82, 2.24) is 14.7 Å². The number of rotatable bonds is 22. The third-order valence-electron chi connectivity index (χ3n) is 7.12. The van der Waals surface area contributed by atoms with Crippen molar-refractivity contribution in [1.29, 1.82) is 0 Å². The van der Waals surface area contributed by atoms with Crippen molar-refractivity contribution in [3.8, 4) is 5.75 Å². The van der Waals surface area contributed by atoms with E-state index >= 15 is 0 Å². The van der Waals surface area contributed by atoms with Gasteiger partial charge in [-0.15, -0.1) is 0 Å². The first-order valence-corrected chi connectivity index (χ1v) is 16.2. The van der Waals surface area contributed by atoms with Gasteiger partial charge >= 0.3 is 6.09 Å². The molecule has 0 bridgehead atoms. The van der Waals surface area contributed by atoms with E-state index in [2.05, 4.69) is 42.0 Å². The number of hydrogen-bond acceptors (Lipinski definition) is 6. The zero-order valence-electron chi connectivity index (χ0n) is 25.1. The quantitative estimate of drug-likeness (QED) is 0.113. The summed E-state index contributed by atoms with van der Waals surface area (Å²) in [5.41, 5.74) is 1.20. The molecule has 1 rings (SSSR count). The second-order valence-electron chi connectivity index (χ2n) is 11.0. The Labute approximate surface area is 250 Å². The molecule has 1 unspecified atom stereocenters. The molecule has 8 heteroatoms. The van der Waals surface area contributed by atoms with Crippen molar-refractivity contribution < 1.29 is 14.3 Å². The Morgan fingerprint density at radius 1 is 0.744 bits per heavy atom. The summed E-state index contributed by atoms with van der Waals surface area (Å²) in [5, 5.41) is 0. The summed E-state index contributed by atoms with van der Waals surface area (Å²) in [6, 6.07) is 7.80. The molecule has 0 saturated carbocycles. The average molecular weight is 582 g/mol. The second-order valence-corrected chi connectivity index (χ2v) is 11.9. The van der Waals surface area contributed by atoms with Crippen LogP contribution in [0.4, 0.5) is 4.79 Å². The first-order valence-electron chi connectivity index (χ1n) is 15.0. The van der Waals surface area contributed by atoms with Gasteiger partial charge < -0.3 is 19.4 Å². The fraction of sp³-hybridized carbons (Fsp3) is 0.742. The zero-order valence-corrected chi connectivity index (χ0v) is 26.9. The van der Waals surface area contributed by atoms with Crippen LogP contribution in [0.5, 0.6) is 5.75 Å². The molecule has 0 saturated heterocycles. The van der Waals surface area contributed by atoms with Gasteiger partial charge in [0.15, 0.2) is 0 Å². The Morgan fingerprint density at radius 3 is 1.85 bits per heavy atom. The van der Waals surface area contributed by atoms with Gasteiger partial charge in [0.2, 0.25) is 5.91 Å². The number of carbonyl (C=O) groups is 2. The Hall–Kier alpha value is -1.38. The number of benzene rings is 1. The van der Waals surface area contributed by atoms with Crippen LogP contribution in [0.2, 0.25) is 0 Å². The summed E-state index contributed by atoms with van der Waals surface area (Å²) in [7, 11) is 5.82. The summed E-state index contributed by atoms with van der Waals surface area (Å²) >= 11 is 8.60. The molecule has 39 heavy (non-hydrogen) atoms. The minimum Gasteiger partial charge on any atom is -0.410 e. The van der Waals surface area contributed by atoms with Gasteiger partial charge in [-0.3, -0.25) is 4.79 Å². The van der Waals surface area contributed by atoms with Gasteiger partial charge in [-0.25, -0.2) is 4.79 Å². The van der Waals surface area contributed by atoms with Crippen molar-refractivity contribution in [2.45, 2.75) is 89.9 Å². The van der Waals surface area contributed by atoms with Gasteiger partial charge in [-0.2, -0.15) is 25.3 Å². The topological polar surface area (TPSA) is 53.1 Å². The molecule has 0 heterocycles. The van der Waals surface area contributed by atoms with E-state index in [4.69, 9.17) is 4.74 Å². The molecule has 1 aromatic rings. The number of carbonyl (C=O) groups excluding carboxylic acids is 2. The first kappa shape index (κ1) is 35.6. The lowest BCUT2D eigenvalue weighted by Gasteiger charge is -2.23. The predicted octanol–water partition coefficient (Wildman–Crippen LogP) is 7.15. The van der Waals surface area contributed by atoms with Gasteiger partial charge in [-0.1, -0.05) is 44.7 Å². The third-order valence-corrected chi connectivity index (χ3v) is 7.75. The maximum absolute atomic E-state index is 13.0. The molecule has 0 radical (unpaired) electrons. The van der Waals surface area contributed by atoms with E-state index in [0.717, 1.165) is 76.1 Å². The monoisotopic (exact) mass is 581 g/mol. The molecule has 0 aromatic heterocycles. The molecule has 6 nitrogen and oxygen atoms in total. The zero-order chi connectivity index (χ0) is 28.9. The lowest BCUT2D eigenvalue weighted by molar-refractivity contribution is -0.131. The van der Waals surface area contributed by atoms with Gasteiger partial charge in [-0.05, 0) is 101 Å². The standard InChI is InChI=1S/C31H55N3O3S2/c1-27(28-17-19-29(20-18-28)37-31(36)33(4)22-14-21-32(2)3)15-13-16-30(35)34(23-9-5-7-11-25-38)24-10-6-8-12-26-39/h17-20,27,38-39H,5-16,21-26H2,1-4H3. The number of nitrogens with zero attached hydrogens (tertiary/aromatic N) is 3. The molecular formula is C31H55N3O3S2. The number of thiol groups is 2. The maximum atomic E-state index is 13.0. The summed E-state index contributed by atoms with van der Waals surface area (Å²) in [6.07, 6.45) is 12.2. The molecule has 1 aromatic carbocycles. The molecule has 0 N–H and O–H groups in total. The SMILES string of the molecule is CC(CCCC(=O)N(CCCCCCS)CCCCCCS)c1ccc(OC(=O)N(C)CCCN(C)C)cc1. The molecule has 224 valence electrons. The highest BCUT2D eigenvalue weighted by Crippen LogP contribution is 2.24. The fourth-order valence-electron chi connectivity index (χ4n) is 4.54. The largest absolute Gasteiger partial charge is 0.414 e. The van der Waals surface area contributed by atoms with Crippen LogP contribution in [0.3, 0.4) is 0 Å². The van der Waals surface area contributed by atoms with Crippen molar-refractivity contribution in [3.63, 3.8) is 0 Å². The molecule has 0 spiro atoms. The highest BCUT2D eigenvalue weighted by atomic mass is 32.1. The van der Waals surface area contributed by atoms with Crippen LogP contribution >= 0.6 is 25.3 Å². The number of unbranched alkanes of at least 4 members (excludes halogenated alkanes) is 6. The lowest BCUT2D eigenvalue weighted by Crippen LogP contribution is -2.32. The third kappa shape index (κ3) is 17.1. The van der Waals surface area contributed by atoms with E-state index in [-0.39, 0.29) is 6.09 Å². The van der Waals surface area contributed by atoms with E-state index in [1.807, 2.05) is 38.4 Å². The lowest BCUT2D eigenvalue weighted by atomic mass is 9.95. The fourth-order valence-corrected chi connectivity index (χ4v) is 4.99. The molecule has 2 amide bonds. The van der Waals surface area contributed by atoms with Crippen molar-refractivity contribution in [2.24, 2.45) is 0 Å². The van der Waals surface area contributed by atoms with Crippen LogP contribution in [-0.2, 0) is 4.79 Å². The van der Waals surface area contributed by atoms with Gasteiger partial charge in [0, 0.05) is 33.1 Å². The van der Waals surface area contributed by atoms with Crippen molar-refractivity contribution >= 4 is 37.3 Å². The van der Waals surface area contributed by atoms with E-state index in [0.29, 0.717) is 30.5 Å². The van der Waals surface area contributed by atoms with Gasteiger partial charge in [0.05, 0.1) is 0 Å². The minimum atomic E-state index is -0.332. The van der Waals surface area contributed by atoms with Gasteiger partial charge in [0.1, 0.15) is 5.75 Å². The molecule has 0 aliphatic heterocycles. The summed E-state index contributed by atoms with van der Waals surface area (Å²) < 4.78 is 5.53.